The first-order chi connectivity index (χ1) is 12.8. The Bertz CT molecular complexity index is 828. The SMILES string of the molecule is CC(=O)Nc1cccc(NC(=O)COC(=O)COc2c(C)cccc2C)c1. The van der Waals surface area contributed by atoms with Crippen LogP contribution in [0.3, 0.4) is 0 Å². The summed E-state index contributed by atoms with van der Waals surface area (Å²) in [6, 6.07) is 12.3. The Balaban J connectivity index is 1.80. The van der Waals surface area contributed by atoms with E-state index in [9.17, 15) is 14.4 Å². The van der Waals surface area contributed by atoms with Crippen molar-refractivity contribution in [2.75, 3.05) is 23.8 Å². The predicted octanol–water partition coefficient (Wildman–Crippen LogP) is 2.82. The molecule has 2 rings (SSSR count). The lowest BCUT2D eigenvalue weighted by molar-refractivity contribution is -0.149. The molecule has 2 amide bonds. The molecule has 0 saturated heterocycles. The van der Waals surface area contributed by atoms with Crippen molar-refractivity contribution in [2.45, 2.75) is 20.8 Å². The summed E-state index contributed by atoms with van der Waals surface area (Å²) >= 11 is 0. The molecule has 0 heterocycles. The van der Waals surface area contributed by atoms with Crippen LogP contribution < -0.4 is 15.4 Å². The molecule has 0 fully saturated rings. The fourth-order valence-corrected chi connectivity index (χ4v) is 2.42. The number of esters is 1. The van der Waals surface area contributed by atoms with Gasteiger partial charge in [0.05, 0.1) is 0 Å². The number of anilines is 2. The third-order valence-electron chi connectivity index (χ3n) is 3.57. The minimum atomic E-state index is -0.639. The van der Waals surface area contributed by atoms with Gasteiger partial charge in [0.25, 0.3) is 5.91 Å². The molecule has 2 N–H and O–H groups in total. The first-order valence-corrected chi connectivity index (χ1v) is 8.37. The summed E-state index contributed by atoms with van der Waals surface area (Å²) < 4.78 is 10.4. The topological polar surface area (TPSA) is 93.7 Å². The van der Waals surface area contributed by atoms with Gasteiger partial charge in [-0.05, 0) is 43.2 Å². The largest absolute Gasteiger partial charge is 0.481 e. The number of ether oxygens (including phenoxy) is 2. The van der Waals surface area contributed by atoms with Gasteiger partial charge in [-0.1, -0.05) is 24.3 Å². The van der Waals surface area contributed by atoms with Gasteiger partial charge in [0.15, 0.2) is 13.2 Å². The number of rotatable bonds is 7. The molecule has 7 heteroatoms. The van der Waals surface area contributed by atoms with Gasteiger partial charge in [-0.15, -0.1) is 0 Å². The highest BCUT2D eigenvalue weighted by Crippen LogP contribution is 2.22. The van der Waals surface area contributed by atoms with Crippen molar-refractivity contribution in [1.82, 2.24) is 0 Å². The molecule has 0 aliphatic rings. The number of carbonyl (C=O) groups is 3. The van der Waals surface area contributed by atoms with Crippen LogP contribution in [0.2, 0.25) is 0 Å². The Hall–Kier alpha value is -3.35. The summed E-state index contributed by atoms with van der Waals surface area (Å²) in [6.07, 6.45) is 0. The zero-order valence-electron chi connectivity index (χ0n) is 15.5. The van der Waals surface area contributed by atoms with Crippen molar-refractivity contribution in [3.8, 4) is 5.75 Å². The van der Waals surface area contributed by atoms with E-state index in [0.717, 1.165) is 11.1 Å². The summed E-state index contributed by atoms with van der Waals surface area (Å²) in [5, 5.41) is 5.21. The molecule has 0 unspecified atom stereocenters. The van der Waals surface area contributed by atoms with Crippen LogP contribution in [0.4, 0.5) is 11.4 Å². The predicted molar refractivity (Wildman–Crippen MR) is 102 cm³/mol. The monoisotopic (exact) mass is 370 g/mol. The third kappa shape index (κ3) is 6.47. The average Bonchev–Trinajstić information content (AvgIpc) is 2.59. The van der Waals surface area contributed by atoms with Crippen LogP contribution in [0.5, 0.6) is 5.75 Å². The second-order valence-electron chi connectivity index (χ2n) is 5.98. The first-order valence-electron chi connectivity index (χ1n) is 8.37. The third-order valence-corrected chi connectivity index (χ3v) is 3.57. The van der Waals surface area contributed by atoms with E-state index in [-0.39, 0.29) is 12.5 Å². The van der Waals surface area contributed by atoms with Gasteiger partial charge in [0.2, 0.25) is 5.91 Å². The van der Waals surface area contributed by atoms with Crippen molar-refractivity contribution in [1.29, 1.82) is 0 Å². The summed E-state index contributed by atoms with van der Waals surface area (Å²) in [5.74, 6) is -0.708. The molecule has 0 spiro atoms. The highest BCUT2D eigenvalue weighted by molar-refractivity contribution is 5.94. The Morgan fingerprint density at radius 1 is 0.889 bits per heavy atom. The normalized spacial score (nSPS) is 10.0. The van der Waals surface area contributed by atoms with E-state index in [4.69, 9.17) is 9.47 Å². The van der Waals surface area contributed by atoms with E-state index in [1.165, 1.54) is 6.92 Å². The molecule has 0 bridgehead atoms. The van der Waals surface area contributed by atoms with Crippen LogP contribution in [0, 0.1) is 13.8 Å². The molecule has 2 aromatic rings. The fourth-order valence-electron chi connectivity index (χ4n) is 2.42. The van der Waals surface area contributed by atoms with E-state index >= 15 is 0 Å². The molecular weight excluding hydrogens is 348 g/mol. The molecule has 2 aromatic carbocycles. The van der Waals surface area contributed by atoms with Gasteiger partial charge < -0.3 is 20.1 Å². The van der Waals surface area contributed by atoms with E-state index in [1.54, 1.807) is 24.3 Å². The van der Waals surface area contributed by atoms with Crippen LogP contribution in [0.25, 0.3) is 0 Å². The van der Waals surface area contributed by atoms with Gasteiger partial charge in [0.1, 0.15) is 5.75 Å². The van der Waals surface area contributed by atoms with Gasteiger partial charge in [-0.25, -0.2) is 4.79 Å². The van der Waals surface area contributed by atoms with Crippen LogP contribution in [0.15, 0.2) is 42.5 Å². The smallest absolute Gasteiger partial charge is 0.344 e. The second kappa shape index (κ2) is 9.38. The number of hydrogen-bond donors (Lipinski definition) is 2. The van der Waals surface area contributed by atoms with Crippen molar-refractivity contribution in [3.63, 3.8) is 0 Å². The Kier molecular flexibility index (Phi) is 6.93. The van der Waals surface area contributed by atoms with E-state index in [2.05, 4.69) is 10.6 Å². The van der Waals surface area contributed by atoms with Gasteiger partial charge in [0, 0.05) is 18.3 Å². The molecule has 27 heavy (non-hydrogen) atoms. The van der Waals surface area contributed by atoms with Gasteiger partial charge in [-0.3, -0.25) is 9.59 Å². The minimum Gasteiger partial charge on any atom is -0.481 e. The van der Waals surface area contributed by atoms with Crippen molar-refractivity contribution in [3.05, 3.63) is 53.6 Å². The van der Waals surface area contributed by atoms with Crippen LogP contribution in [-0.2, 0) is 19.1 Å². The van der Waals surface area contributed by atoms with Crippen LogP contribution in [-0.4, -0.2) is 31.0 Å². The Labute approximate surface area is 157 Å². The zero-order valence-corrected chi connectivity index (χ0v) is 15.5. The fraction of sp³-hybridized carbons (Fsp3) is 0.250. The Morgan fingerprint density at radius 2 is 1.48 bits per heavy atom. The average molecular weight is 370 g/mol. The summed E-state index contributed by atoms with van der Waals surface area (Å²) in [4.78, 5) is 34.8. The maximum Gasteiger partial charge on any atom is 0.344 e. The molecule has 0 atom stereocenters. The molecule has 0 aliphatic heterocycles. The summed E-state index contributed by atoms with van der Waals surface area (Å²) in [7, 11) is 0. The van der Waals surface area contributed by atoms with Crippen molar-refractivity contribution >= 4 is 29.2 Å². The maximum absolute atomic E-state index is 11.9. The molecule has 0 aromatic heterocycles. The van der Waals surface area contributed by atoms with Crippen LogP contribution >= 0.6 is 0 Å². The number of aryl methyl sites for hydroxylation is 2. The lowest BCUT2D eigenvalue weighted by atomic mass is 10.1. The van der Waals surface area contributed by atoms with Crippen molar-refractivity contribution < 1.29 is 23.9 Å². The molecule has 0 saturated carbocycles. The summed E-state index contributed by atoms with van der Waals surface area (Å²) in [6.45, 7) is 4.45. The number of hydrogen-bond acceptors (Lipinski definition) is 5. The summed E-state index contributed by atoms with van der Waals surface area (Å²) in [5.41, 5.74) is 2.87. The quantitative estimate of drug-likeness (QED) is 0.731. The minimum absolute atomic E-state index is 0.212. The number of benzene rings is 2. The van der Waals surface area contributed by atoms with E-state index in [1.807, 2.05) is 32.0 Å². The zero-order chi connectivity index (χ0) is 19.8. The lowest BCUT2D eigenvalue weighted by Crippen LogP contribution is -2.24. The standard InChI is InChI=1S/C20H22N2O5/c1-13-6-4-7-14(2)20(13)27-12-19(25)26-11-18(24)22-17-9-5-8-16(10-17)21-15(3)23/h4-10H,11-12H2,1-3H3,(H,21,23)(H,22,24). The highest BCUT2D eigenvalue weighted by Gasteiger charge is 2.11. The molecule has 7 nitrogen and oxygen atoms in total. The molecule has 0 aliphatic carbocycles. The molecule has 142 valence electrons. The maximum atomic E-state index is 11.9. The number of carbonyl (C=O) groups excluding carboxylic acids is 3. The number of para-hydroxylation sites is 1. The highest BCUT2D eigenvalue weighted by atomic mass is 16.6. The van der Waals surface area contributed by atoms with Crippen LogP contribution in [0.1, 0.15) is 18.1 Å². The van der Waals surface area contributed by atoms with E-state index in [0.29, 0.717) is 17.1 Å². The molecule has 0 radical (unpaired) electrons. The van der Waals surface area contributed by atoms with E-state index < -0.39 is 18.5 Å². The Morgan fingerprint density at radius 3 is 2.11 bits per heavy atom. The second-order valence-corrected chi connectivity index (χ2v) is 5.98. The lowest BCUT2D eigenvalue weighted by Gasteiger charge is -2.12. The number of amides is 2. The van der Waals surface area contributed by atoms with Gasteiger partial charge >= 0.3 is 5.97 Å². The van der Waals surface area contributed by atoms with Gasteiger partial charge in [-0.2, -0.15) is 0 Å². The first kappa shape index (κ1) is 20.0. The van der Waals surface area contributed by atoms with Crippen molar-refractivity contribution in [2.24, 2.45) is 0 Å². The number of nitrogens with one attached hydrogen (secondary N) is 2. The molecular formula is C20H22N2O5.